The fraction of sp³-hybridized carbons (Fsp3) is 0.333. The number of anilines is 1. The molecule has 0 bridgehead atoms. The van der Waals surface area contributed by atoms with Gasteiger partial charge in [0.1, 0.15) is 5.82 Å². The number of carbonyl (C=O) groups is 1. The number of pyridine rings is 1. The zero-order chi connectivity index (χ0) is 22.7. The number of aryl methyl sites for hydroxylation is 1. The molecule has 0 saturated heterocycles. The maximum Gasteiger partial charge on any atom is 0.240 e. The standard InChI is InChI=1S/C21H28N4O4S/c1-13-5-6-16(30(28,29)25-8-7-21(3,4)27)11-17(13)15-10-18(20(23)24-12-15)19(26)9-14(2)22/h5-6,9-12,25,27H,7-8,22H2,1-4H3,(H2,23,24). The quantitative estimate of drug-likeness (QED) is 0.369. The van der Waals surface area contributed by atoms with E-state index in [1.807, 2.05) is 6.92 Å². The van der Waals surface area contributed by atoms with E-state index < -0.39 is 15.6 Å². The number of aromatic nitrogens is 1. The van der Waals surface area contributed by atoms with Crippen molar-refractivity contribution in [3.8, 4) is 11.1 Å². The van der Waals surface area contributed by atoms with Crippen molar-refractivity contribution in [3.05, 3.63) is 53.4 Å². The zero-order valence-electron chi connectivity index (χ0n) is 17.6. The van der Waals surface area contributed by atoms with E-state index in [-0.39, 0.29) is 35.0 Å². The molecule has 2 aromatic rings. The number of benzene rings is 1. The molecule has 30 heavy (non-hydrogen) atoms. The third-order valence-electron chi connectivity index (χ3n) is 4.40. The van der Waals surface area contributed by atoms with Gasteiger partial charge in [-0.25, -0.2) is 18.1 Å². The van der Waals surface area contributed by atoms with Gasteiger partial charge >= 0.3 is 0 Å². The second-order valence-electron chi connectivity index (χ2n) is 7.85. The Hall–Kier alpha value is -2.75. The SMILES string of the molecule is CC(N)=CC(=O)c1cc(-c2cc(S(=O)(=O)NCCC(C)(C)O)ccc2C)cnc1N. The Morgan fingerprint density at radius 3 is 2.57 bits per heavy atom. The number of allylic oxidation sites excluding steroid dienone is 2. The molecular weight excluding hydrogens is 404 g/mol. The Balaban J connectivity index is 2.42. The van der Waals surface area contributed by atoms with Gasteiger partial charge in [-0.3, -0.25) is 4.79 Å². The van der Waals surface area contributed by atoms with Gasteiger partial charge in [-0.15, -0.1) is 0 Å². The Morgan fingerprint density at radius 2 is 1.97 bits per heavy atom. The highest BCUT2D eigenvalue weighted by Crippen LogP contribution is 2.28. The van der Waals surface area contributed by atoms with Crippen LogP contribution in [0.4, 0.5) is 5.82 Å². The van der Waals surface area contributed by atoms with Gasteiger partial charge in [-0.05, 0) is 63.4 Å². The number of nitrogens with one attached hydrogen (secondary N) is 1. The molecule has 0 aliphatic heterocycles. The van der Waals surface area contributed by atoms with Gasteiger partial charge in [0.2, 0.25) is 10.0 Å². The molecule has 0 spiro atoms. The fourth-order valence-corrected chi connectivity index (χ4v) is 3.82. The predicted octanol–water partition coefficient (Wildman–Crippen LogP) is 2.12. The number of sulfonamides is 1. The van der Waals surface area contributed by atoms with Crippen LogP contribution in [0.2, 0.25) is 0 Å². The Bertz CT molecular complexity index is 1080. The van der Waals surface area contributed by atoms with E-state index in [0.29, 0.717) is 16.8 Å². The number of nitrogen functional groups attached to an aromatic ring is 1. The summed E-state index contributed by atoms with van der Waals surface area (Å²) in [5.41, 5.74) is 12.9. The lowest BCUT2D eigenvalue weighted by Gasteiger charge is -2.17. The summed E-state index contributed by atoms with van der Waals surface area (Å²) in [6.45, 7) is 6.74. The van der Waals surface area contributed by atoms with Crippen molar-refractivity contribution in [1.29, 1.82) is 0 Å². The minimum atomic E-state index is -3.78. The largest absolute Gasteiger partial charge is 0.402 e. The van der Waals surface area contributed by atoms with Crippen molar-refractivity contribution in [3.63, 3.8) is 0 Å². The topological polar surface area (TPSA) is 148 Å². The van der Waals surface area contributed by atoms with E-state index in [0.717, 1.165) is 5.56 Å². The number of hydrogen-bond donors (Lipinski definition) is 4. The molecule has 0 aliphatic rings. The van der Waals surface area contributed by atoms with Crippen molar-refractivity contribution >= 4 is 21.6 Å². The van der Waals surface area contributed by atoms with Gasteiger partial charge in [0.25, 0.3) is 0 Å². The molecule has 1 heterocycles. The molecular formula is C21H28N4O4S. The van der Waals surface area contributed by atoms with Crippen LogP contribution in [0.25, 0.3) is 11.1 Å². The van der Waals surface area contributed by atoms with Gasteiger partial charge in [-0.2, -0.15) is 0 Å². The summed E-state index contributed by atoms with van der Waals surface area (Å²) in [6.07, 6.45) is 3.02. The van der Waals surface area contributed by atoms with Crippen LogP contribution in [0.1, 0.15) is 43.1 Å². The third kappa shape index (κ3) is 6.12. The number of carbonyl (C=O) groups excluding carboxylic acids is 1. The number of rotatable bonds is 8. The predicted molar refractivity (Wildman–Crippen MR) is 117 cm³/mol. The van der Waals surface area contributed by atoms with E-state index in [1.54, 1.807) is 32.9 Å². The highest BCUT2D eigenvalue weighted by molar-refractivity contribution is 7.89. The molecule has 0 radical (unpaired) electrons. The van der Waals surface area contributed by atoms with Crippen molar-refractivity contribution in [1.82, 2.24) is 9.71 Å². The van der Waals surface area contributed by atoms with Gasteiger partial charge in [0.15, 0.2) is 5.78 Å². The summed E-state index contributed by atoms with van der Waals surface area (Å²) >= 11 is 0. The van der Waals surface area contributed by atoms with Crippen LogP contribution in [0, 0.1) is 6.92 Å². The summed E-state index contributed by atoms with van der Waals surface area (Å²) in [5, 5.41) is 9.77. The molecule has 0 unspecified atom stereocenters. The van der Waals surface area contributed by atoms with Crippen molar-refractivity contribution in [2.45, 2.75) is 44.6 Å². The lowest BCUT2D eigenvalue weighted by Crippen LogP contribution is -2.30. The first kappa shape index (κ1) is 23.5. The zero-order valence-corrected chi connectivity index (χ0v) is 18.4. The van der Waals surface area contributed by atoms with Gasteiger partial charge in [0.05, 0.1) is 16.1 Å². The van der Waals surface area contributed by atoms with Crippen LogP contribution < -0.4 is 16.2 Å². The van der Waals surface area contributed by atoms with E-state index in [9.17, 15) is 18.3 Å². The van der Waals surface area contributed by atoms with Crippen LogP contribution >= 0.6 is 0 Å². The maximum absolute atomic E-state index is 12.7. The second-order valence-corrected chi connectivity index (χ2v) is 9.61. The van der Waals surface area contributed by atoms with Gasteiger partial charge in [0, 0.05) is 30.1 Å². The molecule has 9 heteroatoms. The molecule has 0 saturated carbocycles. The number of aliphatic hydroxyl groups is 1. The fourth-order valence-electron chi connectivity index (χ4n) is 2.76. The highest BCUT2D eigenvalue weighted by atomic mass is 32.2. The summed E-state index contributed by atoms with van der Waals surface area (Å²) in [7, 11) is -3.78. The summed E-state index contributed by atoms with van der Waals surface area (Å²) in [5.74, 6) is -0.312. The number of nitrogens with zero attached hydrogens (tertiary/aromatic N) is 1. The average molecular weight is 433 g/mol. The minimum absolute atomic E-state index is 0.0657. The van der Waals surface area contributed by atoms with Gasteiger partial charge in [-0.1, -0.05) is 6.07 Å². The smallest absolute Gasteiger partial charge is 0.240 e. The molecule has 2 rings (SSSR count). The van der Waals surface area contributed by atoms with E-state index in [4.69, 9.17) is 11.5 Å². The van der Waals surface area contributed by atoms with Crippen LogP contribution in [0.5, 0.6) is 0 Å². The average Bonchev–Trinajstić information content (AvgIpc) is 2.60. The van der Waals surface area contributed by atoms with Crippen LogP contribution in [0.15, 0.2) is 47.1 Å². The van der Waals surface area contributed by atoms with Gasteiger partial charge < -0.3 is 16.6 Å². The Morgan fingerprint density at radius 1 is 1.30 bits per heavy atom. The lowest BCUT2D eigenvalue weighted by atomic mass is 9.99. The van der Waals surface area contributed by atoms with Crippen LogP contribution in [0.3, 0.4) is 0 Å². The molecule has 8 nitrogen and oxygen atoms in total. The third-order valence-corrected chi connectivity index (χ3v) is 5.86. The normalized spacial score (nSPS) is 12.8. The van der Waals surface area contributed by atoms with Crippen molar-refractivity contribution in [2.24, 2.45) is 5.73 Å². The molecule has 1 aromatic carbocycles. The van der Waals surface area contributed by atoms with Crippen LogP contribution in [-0.4, -0.2) is 36.4 Å². The lowest BCUT2D eigenvalue weighted by molar-refractivity contribution is 0.0727. The molecule has 0 amide bonds. The summed E-state index contributed by atoms with van der Waals surface area (Å²) < 4.78 is 27.8. The number of ketones is 1. The minimum Gasteiger partial charge on any atom is -0.402 e. The van der Waals surface area contributed by atoms with E-state index in [1.165, 1.54) is 24.4 Å². The van der Waals surface area contributed by atoms with E-state index >= 15 is 0 Å². The first-order valence-corrected chi connectivity index (χ1v) is 10.9. The molecule has 0 fully saturated rings. The molecule has 162 valence electrons. The molecule has 6 N–H and O–H groups in total. The highest BCUT2D eigenvalue weighted by Gasteiger charge is 2.19. The maximum atomic E-state index is 12.7. The molecule has 1 aromatic heterocycles. The first-order chi connectivity index (χ1) is 13.8. The summed E-state index contributed by atoms with van der Waals surface area (Å²) in [4.78, 5) is 16.5. The monoisotopic (exact) mass is 432 g/mol. The number of hydrogen-bond acceptors (Lipinski definition) is 7. The number of nitrogens with two attached hydrogens (primary N) is 2. The molecule has 0 atom stereocenters. The summed E-state index contributed by atoms with van der Waals surface area (Å²) in [6, 6.07) is 6.28. The van der Waals surface area contributed by atoms with Crippen LogP contribution in [-0.2, 0) is 10.0 Å². The van der Waals surface area contributed by atoms with Crippen molar-refractivity contribution < 1.29 is 18.3 Å². The first-order valence-electron chi connectivity index (χ1n) is 9.37. The Kier molecular flexibility index (Phi) is 7.02. The second kappa shape index (κ2) is 8.95. The molecule has 0 aliphatic carbocycles. The van der Waals surface area contributed by atoms with E-state index in [2.05, 4.69) is 9.71 Å². The van der Waals surface area contributed by atoms with Crippen molar-refractivity contribution in [2.75, 3.05) is 12.3 Å². The Labute approximate surface area is 177 Å².